The van der Waals surface area contributed by atoms with Gasteiger partial charge in [0, 0.05) is 18.2 Å². The molecule has 2 heterocycles. The number of hydrogen-bond acceptors (Lipinski definition) is 5. The van der Waals surface area contributed by atoms with Crippen LogP contribution in [0.25, 0.3) is 22.2 Å². The summed E-state index contributed by atoms with van der Waals surface area (Å²) in [5, 5.41) is 4.93. The van der Waals surface area contributed by atoms with Crippen LogP contribution in [0.3, 0.4) is 0 Å². The minimum absolute atomic E-state index is 0.0976. The minimum atomic E-state index is -0.229. The molecular formula is C24H20N2O4. The lowest BCUT2D eigenvalue weighted by molar-refractivity contribution is 0.0521. The average Bonchev–Trinajstić information content (AvgIpc) is 3.22. The van der Waals surface area contributed by atoms with Gasteiger partial charge in [0.25, 0.3) is 5.91 Å². The predicted octanol–water partition coefficient (Wildman–Crippen LogP) is 4.41. The smallest absolute Gasteiger partial charge is 0.253 e. The fourth-order valence-electron chi connectivity index (χ4n) is 3.63. The molecule has 1 aliphatic heterocycles. The number of rotatable bonds is 4. The third-order valence-corrected chi connectivity index (χ3v) is 5.15. The molecule has 1 atom stereocenters. The number of ether oxygens (including phenoxy) is 2. The molecule has 0 fully saturated rings. The van der Waals surface area contributed by atoms with Gasteiger partial charge in [-0.15, -0.1) is 0 Å². The third-order valence-electron chi connectivity index (χ3n) is 5.15. The van der Waals surface area contributed by atoms with Crippen molar-refractivity contribution in [2.75, 3.05) is 20.2 Å². The van der Waals surface area contributed by atoms with Crippen molar-refractivity contribution in [2.45, 2.75) is 6.10 Å². The summed E-state index contributed by atoms with van der Waals surface area (Å²) >= 11 is 0. The summed E-state index contributed by atoms with van der Waals surface area (Å²) in [5.41, 5.74) is 2.21. The molecule has 0 spiro atoms. The molecule has 1 aliphatic rings. The molecule has 1 amide bonds. The fourth-order valence-corrected chi connectivity index (χ4v) is 3.63. The maximum atomic E-state index is 13.1. The minimum Gasteiger partial charge on any atom is -0.486 e. The number of hydrogen-bond donors (Lipinski definition) is 0. The molecule has 3 aromatic carbocycles. The normalized spacial score (nSPS) is 15.2. The van der Waals surface area contributed by atoms with Crippen LogP contribution in [-0.4, -0.2) is 42.3 Å². The van der Waals surface area contributed by atoms with Crippen molar-refractivity contribution in [1.82, 2.24) is 10.1 Å². The Kier molecular flexibility index (Phi) is 4.59. The van der Waals surface area contributed by atoms with E-state index >= 15 is 0 Å². The Morgan fingerprint density at radius 2 is 1.80 bits per heavy atom. The van der Waals surface area contributed by atoms with Crippen LogP contribution < -0.4 is 9.47 Å². The molecule has 6 heteroatoms. The highest BCUT2D eigenvalue weighted by Gasteiger charge is 2.24. The zero-order valence-electron chi connectivity index (χ0n) is 16.4. The Bertz CT molecular complexity index is 1200. The molecule has 0 saturated carbocycles. The van der Waals surface area contributed by atoms with Crippen LogP contribution in [0.1, 0.15) is 10.4 Å². The van der Waals surface area contributed by atoms with E-state index in [0.717, 1.165) is 16.7 Å². The van der Waals surface area contributed by atoms with E-state index in [1.54, 1.807) is 18.0 Å². The van der Waals surface area contributed by atoms with Gasteiger partial charge in [0.2, 0.25) is 0 Å². The molecular weight excluding hydrogens is 380 g/mol. The van der Waals surface area contributed by atoms with Crippen molar-refractivity contribution in [1.29, 1.82) is 0 Å². The zero-order chi connectivity index (χ0) is 20.5. The summed E-state index contributed by atoms with van der Waals surface area (Å²) in [6.45, 7) is 0.817. The van der Waals surface area contributed by atoms with Gasteiger partial charge < -0.3 is 18.9 Å². The van der Waals surface area contributed by atoms with Gasteiger partial charge in [-0.1, -0.05) is 47.6 Å². The molecule has 5 rings (SSSR count). The molecule has 6 nitrogen and oxygen atoms in total. The van der Waals surface area contributed by atoms with Crippen LogP contribution in [0.15, 0.2) is 77.3 Å². The van der Waals surface area contributed by atoms with Crippen LogP contribution in [0.4, 0.5) is 0 Å². The van der Waals surface area contributed by atoms with Gasteiger partial charge in [0.15, 0.2) is 23.4 Å². The zero-order valence-corrected chi connectivity index (χ0v) is 16.4. The van der Waals surface area contributed by atoms with E-state index < -0.39 is 0 Å². The summed E-state index contributed by atoms with van der Waals surface area (Å²) in [4.78, 5) is 14.7. The standard InChI is InChI=1S/C24H20N2O4/c1-26(14-18-15-28-21-9-5-6-10-22(21)29-18)24(27)17-11-12-20-19(13-17)23(30-25-20)16-7-3-2-4-8-16/h2-13,18H,14-15H2,1H3. The lowest BCUT2D eigenvalue weighted by Gasteiger charge is -2.29. The van der Waals surface area contributed by atoms with Gasteiger partial charge in [0.05, 0.1) is 11.9 Å². The maximum Gasteiger partial charge on any atom is 0.253 e. The number of nitrogens with zero attached hydrogens (tertiary/aromatic N) is 2. The lowest BCUT2D eigenvalue weighted by atomic mass is 10.1. The number of benzene rings is 3. The fraction of sp³-hybridized carbons (Fsp3) is 0.167. The van der Waals surface area contributed by atoms with Crippen molar-refractivity contribution in [3.63, 3.8) is 0 Å². The van der Waals surface area contributed by atoms with Crippen molar-refractivity contribution in [3.05, 3.63) is 78.4 Å². The van der Waals surface area contributed by atoms with E-state index in [2.05, 4.69) is 5.16 Å². The maximum absolute atomic E-state index is 13.1. The highest BCUT2D eigenvalue weighted by atomic mass is 16.6. The largest absolute Gasteiger partial charge is 0.486 e. The first-order chi connectivity index (χ1) is 14.7. The molecule has 30 heavy (non-hydrogen) atoms. The van der Waals surface area contributed by atoms with Crippen molar-refractivity contribution in [3.8, 4) is 22.8 Å². The van der Waals surface area contributed by atoms with Gasteiger partial charge >= 0.3 is 0 Å². The second kappa shape index (κ2) is 7.55. The first-order valence-corrected chi connectivity index (χ1v) is 9.78. The Morgan fingerprint density at radius 3 is 2.63 bits per heavy atom. The number of fused-ring (bicyclic) bond motifs is 2. The average molecular weight is 400 g/mol. The van der Waals surface area contributed by atoms with E-state index in [4.69, 9.17) is 14.0 Å². The van der Waals surface area contributed by atoms with E-state index in [0.29, 0.717) is 35.7 Å². The molecule has 0 bridgehead atoms. The SMILES string of the molecule is CN(CC1COc2ccccc2O1)C(=O)c1ccc2noc(-c3ccccc3)c2c1. The lowest BCUT2D eigenvalue weighted by Crippen LogP contribution is -2.41. The summed E-state index contributed by atoms with van der Waals surface area (Å²) in [7, 11) is 1.77. The summed E-state index contributed by atoms with van der Waals surface area (Å²) in [6, 6.07) is 22.7. The molecule has 0 saturated heterocycles. The summed E-state index contributed by atoms with van der Waals surface area (Å²) in [5.74, 6) is 1.99. The van der Waals surface area contributed by atoms with Gasteiger partial charge in [-0.25, -0.2) is 0 Å². The molecule has 1 unspecified atom stereocenters. The topological polar surface area (TPSA) is 64.8 Å². The monoisotopic (exact) mass is 400 g/mol. The second-order valence-corrected chi connectivity index (χ2v) is 7.29. The van der Waals surface area contributed by atoms with E-state index in [-0.39, 0.29) is 12.0 Å². The van der Waals surface area contributed by atoms with E-state index in [1.165, 1.54) is 0 Å². The number of likely N-dealkylation sites (N-methyl/N-ethyl adjacent to an activating group) is 1. The number of carbonyl (C=O) groups is 1. The Morgan fingerprint density at radius 1 is 1.03 bits per heavy atom. The number of aromatic nitrogens is 1. The van der Waals surface area contributed by atoms with Crippen molar-refractivity contribution < 1.29 is 18.8 Å². The van der Waals surface area contributed by atoms with E-state index in [9.17, 15) is 4.79 Å². The van der Waals surface area contributed by atoms with Crippen LogP contribution >= 0.6 is 0 Å². The number of amides is 1. The Labute approximate surface area is 173 Å². The predicted molar refractivity (Wildman–Crippen MR) is 113 cm³/mol. The summed E-state index contributed by atoms with van der Waals surface area (Å²) in [6.07, 6.45) is -0.229. The highest BCUT2D eigenvalue weighted by molar-refractivity contribution is 6.00. The molecule has 1 aromatic heterocycles. The molecule has 0 radical (unpaired) electrons. The quantitative estimate of drug-likeness (QED) is 0.508. The molecule has 0 N–H and O–H groups in total. The number of para-hydroxylation sites is 2. The van der Waals surface area contributed by atoms with Gasteiger partial charge in [-0.05, 0) is 30.3 Å². The molecule has 0 aliphatic carbocycles. The van der Waals surface area contributed by atoms with Crippen molar-refractivity contribution >= 4 is 16.8 Å². The summed E-state index contributed by atoms with van der Waals surface area (Å²) < 4.78 is 17.3. The first-order valence-electron chi connectivity index (χ1n) is 9.78. The Balaban J connectivity index is 1.35. The van der Waals surface area contributed by atoms with Crippen LogP contribution in [0.2, 0.25) is 0 Å². The van der Waals surface area contributed by atoms with Gasteiger partial charge in [-0.2, -0.15) is 0 Å². The number of carbonyl (C=O) groups excluding carboxylic acids is 1. The second-order valence-electron chi connectivity index (χ2n) is 7.29. The van der Waals surface area contributed by atoms with Crippen LogP contribution in [-0.2, 0) is 0 Å². The first kappa shape index (κ1) is 18.2. The molecule has 150 valence electrons. The van der Waals surface area contributed by atoms with E-state index in [1.807, 2.05) is 66.7 Å². The highest BCUT2D eigenvalue weighted by Crippen LogP contribution is 2.32. The van der Waals surface area contributed by atoms with Gasteiger partial charge in [0.1, 0.15) is 12.1 Å². The van der Waals surface area contributed by atoms with Crippen LogP contribution in [0, 0.1) is 0 Å². The third kappa shape index (κ3) is 3.37. The van der Waals surface area contributed by atoms with Gasteiger partial charge in [-0.3, -0.25) is 4.79 Å². The Hall–Kier alpha value is -3.80. The van der Waals surface area contributed by atoms with Crippen LogP contribution in [0.5, 0.6) is 11.5 Å². The molecule has 4 aromatic rings. The van der Waals surface area contributed by atoms with Crippen molar-refractivity contribution in [2.24, 2.45) is 0 Å².